The van der Waals surface area contributed by atoms with Crippen LogP contribution in [-0.4, -0.2) is 12.4 Å². The van der Waals surface area contributed by atoms with Gasteiger partial charge in [-0.15, -0.1) is 0 Å². The van der Waals surface area contributed by atoms with Crippen LogP contribution in [-0.2, 0) is 0 Å². The minimum absolute atomic E-state index is 0.0301. The van der Waals surface area contributed by atoms with Crippen LogP contribution in [0.15, 0.2) is 4.99 Å². The zero-order valence-corrected chi connectivity index (χ0v) is 10.1. The summed E-state index contributed by atoms with van der Waals surface area (Å²) in [6, 6.07) is 0. The third-order valence-electron chi connectivity index (χ3n) is 3.09. The first-order valence-corrected chi connectivity index (χ1v) is 5.70. The Morgan fingerprint density at radius 2 is 1.93 bits per heavy atom. The summed E-state index contributed by atoms with van der Waals surface area (Å²) in [6.45, 7) is 9.54. The van der Waals surface area contributed by atoms with Crippen LogP contribution < -0.4 is 5.73 Å². The maximum absolute atomic E-state index is 5.93. The van der Waals surface area contributed by atoms with E-state index in [2.05, 4.69) is 32.7 Å². The van der Waals surface area contributed by atoms with Gasteiger partial charge in [0.2, 0.25) is 0 Å². The summed E-state index contributed by atoms with van der Waals surface area (Å²) in [5.41, 5.74) is 6.49. The van der Waals surface area contributed by atoms with Gasteiger partial charge in [0, 0.05) is 12.0 Å². The maximum atomic E-state index is 5.93. The lowest BCUT2D eigenvalue weighted by molar-refractivity contribution is 0.468. The molecule has 0 heterocycles. The highest BCUT2D eigenvalue weighted by atomic mass is 14.9. The van der Waals surface area contributed by atoms with Crippen LogP contribution in [0, 0.1) is 10.8 Å². The van der Waals surface area contributed by atoms with Crippen molar-refractivity contribution in [3.8, 4) is 0 Å². The Morgan fingerprint density at radius 3 is 2.29 bits per heavy atom. The molecule has 14 heavy (non-hydrogen) atoms. The fourth-order valence-corrected chi connectivity index (χ4v) is 1.68. The number of hydrogen-bond donors (Lipinski definition) is 1. The summed E-state index contributed by atoms with van der Waals surface area (Å²) in [5, 5.41) is 0. The number of hydrogen-bond acceptors (Lipinski definition) is 1. The van der Waals surface area contributed by atoms with Gasteiger partial charge >= 0.3 is 0 Å². The van der Waals surface area contributed by atoms with Gasteiger partial charge in [-0.1, -0.05) is 34.1 Å². The van der Waals surface area contributed by atoms with Crippen LogP contribution in [0.25, 0.3) is 0 Å². The fraction of sp³-hybridized carbons (Fsp3) is 0.917. The lowest BCUT2D eigenvalue weighted by Crippen LogP contribution is -2.29. The van der Waals surface area contributed by atoms with Gasteiger partial charge in [-0.3, -0.25) is 4.99 Å². The van der Waals surface area contributed by atoms with E-state index in [0.29, 0.717) is 5.41 Å². The molecule has 0 amide bonds. The third kappa shape index (κ3) is 3.00. The Labute approximate surface area is 88.0 Å². The summed E-state index contributed by atoms with van der Waals surface area (Å²) >= 11 is 0. The Balaban J connectivity index is 2.46. The Morgan fingerprint density at radius 1 is 1.36 bits per heavy atom. The molecule has 1 aliphatic carbocycles. The van der Waals surface area contributed by atoms with E-state index in [4.69, 9.17) is 5.73 Å². The van der Waals surface area contributed by atoms with Crippen molar-refractivity contribution in [3.63, 3.8) is 0 Å². The number of nitrogens with zero attached hydrogens (tertiary/aromatic N) is 1. The van der Waals surface area contributed by atoms with Gasteiger partial charge in [0.05, 0.1) is 5.84 Å². The van der Waals surface area contributed by atoms with E-state index in [9.17, 15) is 0 Å². The van der Waals surface area contributed by atoms with E-state index in [1.165, 1.54) is 25.7 Å². The van der Waals surface area contributed by atoms with Crippen molar-refractivity contribution in [1.82, 2.24) is 0 Å². The van der Waals surface area contributed by atoms with E-state index in [-0.39, 0.29) is 5.41 Å². The molecule has 82 valence electrons. The SMILES string of the molecule is CCCC1(CN=C(N)C(C)(C)C)CC1. The number of rotatable bonds is 4. The van der Waals surface area contributed by atoms with Crippen LogP contribution >= 0.6 is 0 Å². The molecule has 0 aromatic rings. The first-order valence-electron chi connectivity index (χ1n) is 5.70. The molecule has 0 saturated heterocycles. The van der Waals surface area contributed by atoms with Gasteiger partial charge in [-0.25, -0.2) is 0 Å². The van der Waals surface area contributed by atoms with Crippen LogP contribution in [0.3, 0.4) is 0 Å². The van der Waals surface area contributed by atoms with Crippen molar-refractivity contribution in [2.45, 2.75) is 53.4 Å². The second kappa shape index (κ2) is 3.92. The molecule has 2 nitrogen and oxygen atoms in total. The van der Waals surface area contributed by atoms with Crippen LogP contribution in [0.4, 0.5) is 0 Å². The molecule has 2 heteroatoms. The van der Waals surface area contributed by atoms with Crippen LogP contribution in [0.2, 0.25) is 0 Å². The monoisotopic (exact) mass is 196 g/mol. The molecule has 0 aromatic heterocycles. The standard InChI is InChI=1S/C12H24N2/c1-5-6-12(7-8-12)9-14-10(13)11(2,3)4/h5-9H2,1-4H3,(H2,13,14). The van der Waals surface area contributed by atoms with Gasteiger partial charge in [-0.2, -0.15) is 0 Å². The zero-order chi connectivity index (χ0) is 10.8. The lowest BCUT2D eigenvalue weighted by atomic mass is 9.95. The molecule has 1 aliphatic rings. The summed E-state index contributed by atoms with van der Waals surface area (Å²) in [6.07, 6.45) is 5.28. The first-order chi connectivity index (χ1) is 6.40. The zero-order valence-electron chi connectivity index (χ0n) is 10.1. The molecule has 0 atom stereocenters. The van der Waals surface area contributed by atoms with Crippen molar-refractivity contribution in [3.05, 3.63) is 0 Å². The number of aliphatic imine (C=N–C) groups is 1. The molecule has 0 aromatic carbocycles. The number of amidine groups is 1. The smallest absolute Gasteiger partial charge is 0.0991 e. The van der Waals surface area contributed by atoms with Gasteiger partial charge in [0.25, 0.3) is 0 Å². The molecular weight excluding hydrogens is 172 g/mol. The molecular formula is C12H24N2. The summed E-state index contributed by atoms with van der Waals surface area (Å²) in [5.74, 6) is 0.805. The minimum atomic E-state index is 0.0301. The van der Waals surface area contributed by atoms with Crippen LogP contribution in [0.5, 0.6) is 0 Å². The molecule has 0 spiro atoms. The molecule has 1 saturated carbocycles. The largest absolute Gasteiger partial charge is 0.387 e. The second-order valence-electron chi connectivity index (χ2n) is 5.70. The molecule has 0 aliphatic heterocycles. The van der Waals surface area contributed by atoms with E-state index in [1.54, 1.807) is 0 Å². The van der Waals surface area contributed by atoms with Crippen molar-refractivity contribution >= 4 is 5.84 Å². The van der Waals surface area contributed by atoms with Crippen molar-refractivity contribution in [2.24, 2.45) is 21.6 Å². The summed E-state index contributed by atoms with van der Waals surface area (Å²) in [7, 11) is 0. The molecule has 0 bridgehead atoms. The van der Waals surface area contributed by atoms with Crippen molar-refractivity contribution in [1.29, 1.82) is 0 Å². The predicted octanol–water partition coefficient (Wildman–Crippen LogP) is 2.97. The van der Waals surface area contributed by atoms with Gasteiger partial charge in [-0.05, 0) is 24.7 Å². The predicted molar refractivity (Wildman–Crippen MR) is 62.5 cm³/mol. The topological polar surface area (TPSA) is 38.4 Å². The van der Waals surface area contributed by atoms with Crippen molar-refractivity contribution in [2.75, 3.05) is 6.54 Å². The van der Waals surface area contributed by atoms with Gasteiger partial charge < -0.3 is 5.73 Å². The quantitative estimate of drug-likeness (QED) is 0.545. The molecule has 0 unspecified atom stereocenters. The van der Waals surface area contributed by atoms with E-state index >= 15 is 0 Å². The van der Waals surface area contributed by atoms with Crippen LogP contribution in [0.1, 0.15) is 53.4 Å². The second-order valence-corrected chi connectivity index (χ2v) is 5.70. The lowest BCUT2D eigenvalue weighted by Gasteiger charge is -2.19. The molecule has 1 rings (SSSR count). The highest BCUT2D eigenvalue weighted by molar-refractivity contribution is 5.85. The average Bonchev–Trinajstić information content (AvgIpc) is 2.80. The Hall–Kier alpha value is -0.530. The normalized spacial score (nSPS) is 21.0. The first kappa shape index (κ1) is 11.5. The molecule has 0 radical (unpaired) electrons. The Bertz CT molecular complexity index is 219. The number of nitrogens with two attached hydrogens (primary N) is 1. The minimum Gasteiger partial charge on any atom is -0.387 e. The van der Waals surface area contributed by atoms with E-state index in [1.807, 2.05) is 0 Å². The fourth-order valence-electron chi connectivity index (χ4n) is 1.68. The maximum Gasteiger partial charge on any atom is 0.0991 e. The summed E-state index contributed by atoms with van der Waals surface area (Å²) in [4.78, 5) is 4.54. The van der Waals surface area contributed by atoms with Crippen molar-refractivity contribution < 1.29 is 0 Å². The molecule has 1 fully saturated rings. The highest BCUT2D eigenvalue weighted by Gasteiger charge is 2.41. The highest BCUT2D eigenvalue weighted by Crippen LogP contribution is 2.49. The Kier molecular flexibility index (Phi) is 3.23. The molecule has 2 N–H and O–H groups in total. The van der Waals surface area contributed by atoms with Gasteiger partial charge in [0.1, 0.15) is 0 Å². The third-order valence-corrected chi connectivity index (χ3v) is 3.09. The van der Waals surface area contributed by atoms with Gasteiger partial charge in [0.15, 0.2) is 0 Å². The van der Waals surface area contributed by atoms with E-state index < -0.39 is 0 Å². The summed E-state index contributed by atoms with van der Waals surface area (Å²) < 4.78 is 0. The average molecular weight is 196 g/mol. The van der Waals surface area contributed by atoms with E-state index in [0.717, 1.165) is 12.4 Å².